The molecule has 3 aliphatic rings. The van der Waals surface area contributed by atoms with Crippen molar-refractivity contribution < 1.29 is 19.1 Å². The summed E-state index contributed by atoms with van der Waals surface area (Å²) in [6.45, 7) is 8.32. The molecule has 3 rings (SSSR count). The van der Waals surface area contributed by atoms with Gasteiger partial charge in [-0.2, -0.15) is 0 Å². The van der Waals surface area contributed by atoms with Crippen molar-refractivity contribution in [2.24, 2.45) is 11.8 Å². The van der Waals surface area contributed by atoms with Crippen LogP contribution in [0.5, 0.6) is 0 Å². The highest BCUT2D eigenvalue weighted by Crippen LogP contribution is 2.52. The van der Waals surface area contributed by atoms with Gasteiger partial charge >= 0.3 is 5.97 Å². The van der Waals surface area contributed by atoms with Gasteiger partial charge in [0.2, 0.25) is 5.91 Å². The molecule has 0 unspecified atom stereocenters. The molecule has 1 saturated carbocycles. The minimum atomic E-state index is -1.72. The normalized spacial score (nSPS) is 32.5. The third kappa shape index (κ3) is 2.32. The molecule has 2 heterocycles. The van der Waals surface area contributed by atoms with E-state index < -0.39 is 14.3 Å². The van der Waals surface area contributed by atoms with Crippen LogP contribution in [0.1, 0.15) is 32.6 Å². The van der Waals surface area contributed by atoms with Crippen LogP contribution in [0.4, 0.5) is 0 Å². The Hall–Kier alpha value is -1.14. The first-order chi connectivity index (χ1) is 10.2. The number of carboxylic acid groups (broad SMARTS) is 1. The zero-order valence-corrected chi connectivity index (χ0v) is 14.8. The Morgan fingerprint density at radius 2 is 2.05 bits per heavy atom. The van der Waals surface area contributed by atoms with E-state index in [0.29, 0.717) is 0 Å². The van der Waals surface area contributed by atoms with Gasteiger partial charge in [-0.25, -0.2) is 4.79 Å². The zero-order valence-electron chi connectivity index (χ0n) is 13.8. The first-order valence-corrected chi connectivity index (χ1v) is 11.6. The number of aliphatic carboxylic acids is 1. The lowest BCUT2D eigenvalue weighted by Crippen LogP contribution is -2.65. The summed E-state index contributed by atoms with van der Waals surface area (Å²) in [6.07, 6.45) is 3.84. The molecular formula is C16H25NO4Si. The minimum Gasteiger partial charge on any atom is -0.477 e. The average Bonchev–Trinajstić information content (AvgIpc) is 2.68. The molecule has 0 radical (unpaired) electrons. The lowest BCUT2D eigenvalue weighted by Gasteiger charge is -2.49. The molecule has 0 aromatic heterocycles. The summed E-state index contributed by atoms with van der Waals surface area (Å²) >= 11 is 0. The minimum absolute atomic E-state index is 0.0141. The topological polar surface area (TPSA) is 66.8 Å². The Morgan fingerprint density at radius 3 is 2.64 bits per heavy atom. The third-order valence-electron chi connectivity index (χ3n) is 5.05. The molecule has 122 valence electrons. The van der Waals surface area contributed by atoms with Crippen LogP contribution in [-0.2, 0) is 14.0 Å². The van der Waals surface area contributed by atoms with Crippen LogP contribution >= 0.6 is 0 Å². The van der Waals surface area contributed by atoms with Crippen LogP contribution in [-0.4, -0.2) is 42.3 Å². The van der Waals surface area contributed by atoms with Gasteiger partial charge in [0.05, 0.1) is 18.1 Å². The number of amides is 1. The maximum atomic E-state index is 12.6. The van der Waals surface area contributed by atoms with Crippen molar-refractivity contribution in [1.29, 1.82) is 0 Å². The largest absolute Gasteiger partial charge is 0.477 e. The second-order valence-corrected chi connectivity index (χ2v) is 12.2. The number of carbonyl (C=O) groups excluding carboxylic acids is 1. The second-order valence-electron chi connectivity index (χ2n) is 7.69. The molecule has 6 heteroatoms. The van der Waals surface area contributed by atoms with Gasteiger partial charge in [-0.3, -0.25) is 4.79 Å². The molecule has 0 bridgehead atoms. The first-order valence-electron chi connectivity index (χ1n) is 8.19. The maximum absolute atomic E-state index is 12.6. The van der Waals surface area contributed by atoms with Crippen molar-refractivity contribution in [3.63, 3.8) is 0 Å². The van der Waals surface area contributed by atoms with E-state index in [4.69, 9.17) is 4.43 Å². The van der Waals surface area contributed by atoms with E-state index in [0.717, 1.165) is 31.3 Å². The molecule has 1 N–H and O–H groups in total. The smallest absolute Gasteiger partial charge is 0.352 e. The molecule has 2 fully saturated rings. The first kappa shape index (κ1) is 15.7. The molecule has 0 aromatic carbocycles. The molecule has 1 saturated heterocycles. The van der Waals surface area contributed by atoms with Crippen LogP contribution in [0, 0.1) is 11.8 Å². The summed E-state index contributed by atoms with van der Waals surface area (Å²) in [5, 5.41) is 9.53. The van der Waals surface area contributed by atoms with Gasteiger partial charge in [-0.1, -0.05) is 6.42 Å². The van der Waals surface area contributed by atoms with Gasteiger partial charge in [0.15, 0.2) is 8.32 Å². The van der Waals surface area contributed by atoms with Gasteiger partial charge < -0.3 is 14.4 Å². The summed E-state index contributed by atoms with van der Waals surface area (Å²) in [7, 11) is -1.72. The predicted molar refractivity (Wildman–Crippen MR) is 84.6 cm³/mol. The van der Waals surface area contributed by atoms with E-state index in [-0.39, 0.29) is 35.6 Å². The van der Waals surface area contributed by atoms with Crippen molar-refractivity contribution >= 4 is 20.2 Å². The Balaban J connectivity index is 1.87. The van der Waals surface area contributed by atoms with Crippen LogP contribution in [0.15, 0.2) is 11.3 Å². The Kier molecular flexibility index (Phi) is 3.72. The quantitative estimate of drug-likeness (QED) is 0.638. The summed E-state index contributed by atoms with van der Waals surface area (Å²) in [6, 6.07) is 0.0141. The zero-order chi connectivity index (χ0) is 16.2. The fourth-order valence-corrected chi connectivity index (χ4v) is 5.70. The highest BCUT2D eigenvalue weighted by Gasteiger charge is 2.61. The number of nitrogens with zero attached hydrogens (tertiary/aromatic N) is 1. The highest BCUT2D eigenvalue weighted by atomic mass is 28.4. The fraction of sp³-hybridized carbons (Fsp3) is 0.750. The number of hydrogen-bond donors (Lipinski definition) is 1. The summed E-state index contributed by atoms with van der Waals surface area (Å²) in [4.78, 5) is 25.8. The van der Waals surface area contributed by atoms with Crippen molar-refractivity contribution in [2.75, 3.05) is 0 Å². The molecule has 22 heavy (non-hydrogen) atoms. The van der Waals surface area contributed by atoms with Gasteiger partial charge in [0.1, 0.15) is 5.70 Å². The summed E-state index contributed by atoms with van der Waals surface area (Å²) < 4.78 is 6.12. The number of hydrogen-bond acceptors (Lipinski definition) is 3. The number of carbonyl (C=O) groups is 2. The third-order valence-corrected chi connectivity index (χ3v) is 6.13. The highest BCUT2D eigenvalue weighted by molar-refractivity contribution is 6.69. The molecule has 1 aliphatic carbocycles. The van der Waals surface area contributed by atoms with E-state index in [1.165, 1.54) is 0 Å². The molecule has 1 amide bonds. The number of fused-ring (bicyclic) bond motifs is 3. The van der Waals surface area contributed by atoms with Crippen LogP contribution in [0.2, 0.25) is 19.6 Å². The van der Waals surface area contributed by atoms with Crippen molar-refractivity contribution in [3.8, 4) is 0 Å². The summed E-state index contributed by atoms with van der Waals surface area (Å²) in [5.41, 5.74) is 1.27. The van der Waals surface area contributed by atoms with Gasteiger partial charge in [0.25, 0.3) is 0 Å². The number of carboxylic acids is 1. The Morgan fingerprint density at radius 1 is 1.36 bits per heavy atom. The Bertz CT molecular complexity index is 551. The van der Waals surface area contributed by atoms with Crippen molar-refractivity contribution in [1.82, 2.24) is 4.90 Å². The molecule has 5 nitrogen and oxygen atoms in total. The van der Waals surface area contributed by atoms with Crippen molar-refractivity contribution in [3.05, 3.63) is 11.3 Å². The fourth-order valence-electron chi connectivity index (χ4n) is 4.44. The molecule has 4 atom stereocenters. The standard InChI is InChI=1S/C16H25NO4Si/c1-9(21-22(2,3)4)12-13-10-7-5-6-8-11(10)14(16(19)20)17(13)15(12)18/h9-10,12-13H,5-8H2,1-4H3,(H,19,20)/t9-,10-,12-,13-/m1/s1. The lowest BCUT2D eigenvalue weighted by molar-refractivity contribution is -0.162. The maximum Gasteiger partial charge on any atom is 0.352 e. The lowest BCUT2D eigenvalue weighted by atomic mass is 9.72. The van der Waals surface area contributed by atoms with E-state index in [2.05, 4.69) is 19.6 Å². The van der Waals surface area contributed by atoms with Crippen LogP contribution in [0.25, 0.3) is 0 Å². The van der Waals surface area contributed by atoms with E-state index in [1.807, 2.05) is 6.92 Å². The number of rotatable bonds is 4. The average molecular weight is 323 g/mol. The van der Waals surface area contributed by atoms with E-state index in [9.17, 15) is 14.7 Å². The predicted octanol–water partition coefficient (Wildman–Crippen LogP) is 2.60. The molecular weight excluding hydrogens is 298 g/mol. The molecule has 2 aliphatic heterocycles. The van der Waals surface area contributed by atoms with E-state index in [1.54, 1.807) is 4.90 Å². The Labute approximate surface area is 132 Å². The second kappa shape index (κ2) is 5.20. The number of β-lactam (4-membered cyclic amide) rings is 1. The van der Waals surface area contributed by atoms with Gasteiger partial charge in [-0.15, -0.1) is 0 Å². The molecule has 0 aromatic rings. The SMILES string of the molecule is C[C@@H](O[Si](C)(C)C)[C@H]1C(=O)N2C(C(=O)O)=C3CCCC[C@H]3[C@H]12. The van der Waals surface area contributed by atoms with Crippen LogP contribution < -0.4 is 0 Å². The summed E-state index contributed by atoms with van der Waals surface area (Å²) in [5.74, 6) is -0.957. The molecule has 0 spiro atoms. The van der Waals surface area contributed by atoms with Gasteiger partial charge in [0, 0.05) is 5.92 Å². The van der Waals surface area contributed by atoms with Gasteiger partial charge in [-0.05, 0) is 51.4 Å². The van der Waals surface area contributed by atoms with Crippen molar-refractivity contribution in [2.45, 2.75) is 64.4 Å². The monoisotopic (exact) mass is 323 g/mol. The van der Waals surface area contributed by atoms with Crippen LogP contribution in [0.3, 0.4) is 0 Å². The van der Waals surface area contributed by atoms with E-state index >= 15 is 0 Å².